The second-order valence-electron chi connectivity index (χ2n) is 4.12. The molecule has 0 unspecified atom stereocenters. The molecule has 0 fully saturated rings. The molecule has 0 amide bonds. The Labute approximate surface area is 95.8 Å². The molecule has 0 spiro atoms. The lowest BCUT2D eigenvalue weighted by atomic mass is 10.0. The molecule has 0 aliphatic rings. The van der Waals surface area contributed by atoms with Gasteiger partial charge in [0, 0.05) is 6.10 Å². The zero-order valence-electron chi connectivity index (χ0n) is 10.3. The number of hydrogen-bond donors (Lipinski definition) is 0. The number of aryl methyl sites for hydroxylation is 1. The Morgan fingerprint density at radius 3 is 2.47 bits per heavy atom. The first kappa shape index (κ1) is 12.5. The van der Waals surface area contributed by atoms with Gasteiger partial charge in [0.05, 0.1) is 0 Å². The third-order valence-electron chi connectivity index (χ3n) is 2.68. The van der Waals surface area contributed by atoms with Crippen LogP contribution in [0, 0.1) is 0 Å². The van der Waals surface area contributed by atoms with Gasteiger partial charge >= 0.3 is 0 Å². The maximum atomic E-state index is 5.81. The molecule has 84 valence electrons. The van der Waals surface area contributed by atoms with Gasteiger partial charge in [-0.2, -0.15) is 0 Å². The summed E-state index contributed by atoms with van der Waals surface area (Å²) in [6.45, 7) is 8.69. The van der Waals surface area contributed by atoms with Gasteiger partial charge in [-0.3, -0.25) is 0 Å². The van der Waals surface area contributed by atoms with Crippen molar-refractivity contribution in [3.05, 3.63) is 29.3 Å². The van der Waals surface area contributed by atoms with Crippen LogP contribution in [0.3, 0.4) is 0 Å². The van der Waals surface area contributed by atoms with Gasteiger partial charge in [0.15, 0.2) is 9.76 Å². The zero-order chi connectivity index (χ0) is 11.3. The molecule has 0 aromatic heterocycles. The van der Waals surface area contributed by atoms with E-state index in [1.54, 1.807) is 0 Å². The van der Waals surface area contributed by atoms with Crippen LogP contribution in [0.15, 0.2) is 18.2 Å². The first-order valence-corrected chi connectivity index (χ1v) is 7.18. The van der Waals surface area contributed by atoms with Gasteiger partial charge in [0.2, 0.25) is 0 Å². The predicted molar refractivity (Wildman–Crippen MR) is 69.6 cm³/mol. The molecule has 0 bridgehead atoms. The minimum Gasteiger partial charge on any atom is -0.416 e. The van der Waals surface area contributed by atoms with Crippen molar-refractivity contribution in [2.45, 2.75) is 46.6 Å². The molecule has 0 heterocycles. The summed E-state index contributed by atoms with van der Waals surface area (Å²) in [5.41, 5.74) is 3.03. The molecular weight excluding hydrogens is 200 g/mol. The van der Waals surface area contributed by atoms with Gasteiger partial charge < -0.3 is 4.43 Å². The highest BCUT2D eigenvalue weighted by molar-refractivity contribution is 6.47. The van der Waals surface area contributed by atoms with Gasteiger partial charge in [-0.05, 0) is 43.0 Å². The Kier molecular flexibility index (Phi) is 5.06. The summed E-state index contributed by atoms with van der Waals surface area (Å²) in [5.74, 6) is 0. The molecule has 2 heteroatoms. The van der Waals surface area contributed by atoms with Crippen LogP contribution in [0.5, 0.6) is 0 Å². The molecule has 1 nitrogen and oxygen atoms in total. The summed E-state index contributed by atoms with van der Waals surface area (Å²) in [7, 11) is -0.530. The Hall–Kier alpha value is -0.603. The van der Waals surface area contributed by atoms with Gasteiger partial charge in [0.25, 0.3) is 0 Å². The van der Waals surface area contributed by atoms with Crippen molar-refractivity contribution in [2.24, 2.45) is 0 Å². The highest BCUT2D eigenvalue weighted by atomic mass is 28.2. The fourth-order valence-electron chi connectivity index (χ4n) is 1.86. The van der Waals surface area contributed by atoms with E-state index in [1.807, 2.05) is 0 Å². The normalized spacial score (nSPS) is 11.8. The van der Waals surface area contributed by atoms with Crippen molar-refractivity contribution < 1.29 is 4.43 Å². The Morgan fingerprint density at radius 2 is 1.93 bits per heavy atom. The third-order valence-corrected chi connectivity index (χ3v) is 4.48. The predicted octanol–water partition coefficient (Wildman–Crippen LogP) is 1.95. The molecular formula is C13H22OSi. The SMILES string of the molecule is CCc1cccc([SiH2]OC(C)C)c1CC. The quantitative estimate of drug-likeness (QED) is 0.692. The summed E-state index contributed by atoms with van der Waals surface area (Å²) in [4.78, 5) is 0. The van der Waals surface area contributed by atoms with Crippen molar-refractivity contribution in [3.8, 4) is 0 Å². The lowest BCUT2D eigenvalue weighted by Gasteiger charge is -2.13. The topological polar surface area (TPSA) is 9.23 Å². The van der Waals surface area contributed by atoms with Gasteiger partial charge in [-0.15, -0.1) is 0 Å². The largest absolute Gasteiger partial charge is 0.416 e. The van der Waals surface area contributed by atoms with Gasteiger partial charge in [-0.25, -0.2) is 0 Å². The zero-order valence-corrected chi connectivity index (χ0v) is 11.8. The fourth-order valence-corrected chi connectivity index (χ4v) is 3.26. The van der Waals surface area contributed by atoms with Crippen molar-refractivity contribution in [3.63, 3.8) is 0 Å². The van der Waals surface area contributed by atoms with Crippen LogP contribution in [-0.4, -0.2) is 15.9 Å². The van der Waals surface area contributed by atoms with E-state index in [2.05, 4.69) is 45.9 Å². The average Bonchev–Trinajstić information content (AvgIpc) is 2.25. The Bertz CT molecular complexity index is 307. The summed E-state index contributed by atoms with van der Waals surface area (Å²) >= 11 is 0. The van der Waals surface area contributed by atoms with E-state index >= 15 is 0 Å². The minimum atomic E-state index is -0.530. The second kappa shape index (κ2) is 6.08. The van der Waals surface area contributed by atoms with Crippen LogP contribution in [0.2, 0.25) is 0 Å². The average molecular weight is 222 g/mol. The van der Waals surface area contributed by atoms with Crippen LogP contribution in [0.25, 0.3) is 0 Å². The second-order valence-corrected chi connectivity index (χ2v) is 5.51. The van der Waals surface area contributed by atoms with Crippen molar-refractivity contribution in [2.75, 3.05) is 0 Å². The van der Waals surface area contributed by atoms with E-state index in [-0.39, 0.29) is 0 Å². The van der Waals surface area contributed by atoms with Crippen LogP contribution in [0.4, 0.5) is 0 Å². The summed E-state index contributed by atoms with van der Waals surface area (Å²) in [6, 6.07) is 6.66. The first-order valence-electron chi connectivity index (χ1n) is 5.90. The van der Waals surface area contributed by atoms with Crippen molar-refractivity contribution in [1.82, 2.24) is 0 Å². The highest BCUT2D eigenvalue weighted by Gasteiger charge is 2.06. The fraction of sp³-hybridized carbons (Fsp3) is 0.538. The lowest BCUT2D eigenvalue weighted by molar-refractivity contribution is 0.260. The standard InChI is InChI=1S/C13H22OSi/c1-5-11-8-7-9-13(12(11)6-2)15-14-10(3)4/h7-10H,5-6,15H2,1-4H3. The third kappa shape index (κ3) is 3.47. The van der Waals surface area contributed by atoms with E-state index in [0.717, 1.165) is 12.8 Å². The highest BCUT2D eigenvalue weighted by Crippen LogP contribution is 2.08. The monoisotopic (exact) mass is 222 g/mol. The molecule has 15 heavy (non-hydrogen) atoms. The molecule has 0 saturated carbocycles. The summed E-state index contributed by atoms with van der Waals surface area (Å²) in [6.07, 6.45) is 2.63. The molecule has 0 atom stereocenters. The van der Waals surface area contributed by atoms with Crippen LogP contribution in [-0.2, 0) is 17.3 Å². The van der Waals surface area contributed by atoms with Crippen LogP contribution in [0.1, 0.15) is 38.8 Å². The van der Waals surface area contributed by atoms with E-state index in [0.29, 0.717) is 6.10 Å². The van der Waals surface area contributed by atoms with Gasteiger partial charge in [0.1, 0.15) is 0 Å². The van der Waals surface area contributed by atoms with E-state index in [4.69, 9.17) is 4.43 Å². The number of benzene rings is 1. The Morgan fingerprint density at radius 1 is 1.20 bits per heavy atom. The van der Waals surface area contributed by atoms with Crippen molar-refractivity contribution >= 4 is 14.9 Å². The molecule has 1 rings (SSSR count). The molecule has 0 aliphatic carbocycles. The van der Waals surface area contributed by atoms with Gasteiger partial charge in [-0.1, -0.05) is 32.0 Å². The summed E-state index contributed by atoms with van der Waals surface area (Å²) < 4.78 is 5.81. The summed E-state index contributed by atoms with van der Waals surface area (Å²) in [5, 5.41) is 1.49. The van der Waals surface area contributed by atoms with E-state index in [1.165, 1.54) is 16.3 Å². The molecule has 1 aromatic carbocycles. The lowest BCUT2D eigenvalue weighted by Crippen LogP contribution is -2.25. The molecule has 0 radical (unpaired) electrons. The molecule has 0 aliphatic heterocycles. The van der Waals surface area contributed by atoms with Crippen molar-refractivity contribution in [1.29, 1.82) is 0 Å². The molecule has 0 saturated heterocycles. The number of hydrogen-bond acceptors (Lipinski definition) is 1. The maximum Gasteiger partial charge on any atom is 0.192 e. The van der Waals surface area contributed by atoms with Crippen LogP contribution >= 0.6 is 0 Å². The first-order chi connectivity index (χ1) is 7.19. The minimum absolute atomic E-state index is 0.367. The molecule has 0 N–H and O–H groups in total. The van der Waals surface area contributed by atoms with Crippen LogP contribution < -0.4 is 5.19 Å². The maximum absolute atomic E-state index is 5.81. The number of rotatable bonds is 5. The van der Waals surface area contributed by atoms with E-state index < -0.39 is 9.76 Å². The molecule has 1 aromatic rings. The Balaban J connectivity index is 2.86. The van der Waals surface area contributed by atoms with E-state index in [9.17, 15) is 0 Å². The smallest absolute Gasteiger partial charge is 0.192 e.